The van der Waals surface area contributed by atoms with Crippen molar-refractivity contribution in [3.05, 3.63) is 69.6 Å². The van der Waals surface area contributed by atoms with E-state index in [-0.39, 0.29) is 27.8 Å². The number of nitrogens with one attached hydrogen (secondary N) is 1. The molecule has 0 radical (unpaired) electrons. The molecule has 10 heteroatoms. The monoisotopic (exact) mass is 453 g/mol. The van der Waals surface area contributed by atoms with Crippen LogP contribution in [0.5, 0.6) is 0 Å². The van der Waals surface area contributed by atoms with Crippen molar-refractivity contribution >= 4 is 29.1 Å². The lowest BCUT2D eigenvalue weighted by Crippen LogP contribution is -2.10. The predicted octanol–water partition coefficient (Wildman–Crippen LogP) is 6.00. The topological polar surface area (TPSA) is 67.1 Å². The second kappa shape index (κ2) is 7.88. The third-order valence-corrected chi connectivity index (χ3v) is 5.48. The van der Waals surface area contributed by atoms with Crippen LogP contribution in [0.4, 0.5) is 29.1 Å². The summed E-state index contributed by atoms with van der Waals surface area (Å²) in [7, 11) is 0. The van der Waals surface area contributed by atoms with E-state index in [9.17, 15) is 22.4 Å². The van der Waals surface area contributed by atoms with Gasteiger partial charge >= 0.3 is 12.1 Å². The van der Waals surface area contributed by atoms with Crippen LogP contribution >= 0.6 is 11.6 Å². The van der Waals surface area contributed by atoms with Gasteiger partial charge in [-0.3, -0.25) is 0 Å². The highest BCUT2D eigenvalue weighted by Gasteiger charge is 2.35. The van der Waals surface area contributed by atoms with Crippen LogP contribution in [0.1, 0.15) is 40.0 Å². The normalized spacial score (nSPS) is 13.7. The van der Waals surface area contributed by atoms with E-state index in [2.05, 4.69) is 10.4 Å². The SMILES string of the molecule is O=C(O)c1ccc(-n2nc(Nc3c(Cl)cccc3C(F)(F)F)c3c2CCCC3)c(F)c1. The average molecular weight is 454 g/mol. The Morgan fingerprint density at radius 2 is 1.90 bits per heavy atom. The maximum atomic E-state index is 14.7. The summed E-state index contributed by atoms with van der Waals surface area (Å²) in [5.41, 5.74) is -0.109. The van der Waals surface area contributed by atoms with Gasteiger partial charge in [-0.1, -0.05) is 17.7 Å². The Bertz CT molecular complexity index is 1170. The van der Waals surface area contributed by atoms with Gasteiger partial charge in [-0.2, -0.15) is 13.2 Å². The zero-order chi connectivity index (χ0) is 22.3. The van der Waals surface area contributed by atoms with Gasteiger partial charge < -0.3 is 10.4 Å². The number of carbonyl (C=O) groups is 1. The smallest absolute Gasteiger partial charge is 0.418 e. The highest BCUT2D eigenvalue weighted by Crippen LogP contribution is 2.41. The Morgan fingerprint density at radius 3 is 2.58 bits per heavy atom. The number of fused-ring (bicyclic) bond motifs is 1. The van der Waals surface area contributed by atoms with Crippen LogP contribution in [0.2, 0.25) is 5.02 Å². The third-order valence-electron chi connectivity index (χ3n) is 5.17. The minimum absolute atomic E-state index is 0.0198. The summed E-state index contributed by atoms with van der Waals surface area (Å²) in [6.07, 6.45) is -1.90. The highest BCUT2D eigenvalue weighted by atomic mass is 35.5. The number of aromatic nitrogens is 2. The molecule has 0 aliphatic heterocycles. The van der Waals surface area contributed by atoms with Crippen LogP contribution in [0.15, 0.2) is 36.4 Å². The molecule has 0 bridgehead atoms. The number of halogens is 5. The first kappa shape index (κ1) is 21.2. The van der Waals surface area contributed by atoms with E-state index in [1.54, 1.807) is 0 Å². The van der Waals surface area contributed by atoms with Crippen molar-refractivity contribution in [3.63, 3.8) is 0 Å². The number of carboxylic acid groups (broad SMARTS) is 1. The second-order valence-corrected chi connectivity index (χ2v) is 7.56. The number of para-hydroxylation sites is 1. The fraction of sp³-hybridized carbons (Fsp3) is 0.238. The number of benzene rings is 2. The molecular weight excluding hydrogens is 438 g/mol. The Balaban J connectivity index is 1.83. The van der Waals surface area contributed by atoms with Gasteiger partial charge in [0, 0.05) is 11.3 Å². The van der Waals surface area contributed by atoms with Crippen molar-refractivity contribution in [2.75, 3.05) is 5.32 Å². The molecule has 0 amide bonds. The van der Waals surface area contributed by atoms with Crippen LogP contribution in [0.3, 0.4) is 0 Å². The number of hydrogen-bond donors (Lipinski definition) is 2. The lowest BCUT2D eigenvalue weighted by Gasteiger charge is -2.17. The summed E-state index contributed by atoms with van der Waals surface area (Å²) in [5.74, 6) is -1.90. The quantitative estimate of drug-likeness (QED) is 0.475. The van der Waals surface area contributed by atoms with Gasteiger partial charge in [-0.05, 0) is 56.0 Å². The van der Waals surface area contributed by atoms with E-state index < -0.39 is 23.5 Å². The molecule has 0 atom stereocenters. The fourth-order valence-corrected chi connectivity index (χ4v) is 3.94. The molecule has 2 N–H and O–H groups in total. The minimum atomic E-state index is -4.63. The van der Waals surface area contributed by atoms with E-state index >= 15 is 0 Å². The van der Waals surface area contributed by atoms with Gasteiger partial charge in [0.2, 0.25) is 0 Å². The standard InChI is InChI=1S/C21H16ClF4N3O2/c22-14-6-3-5-13(21(24,25)26)18(14)27-19-12-4-1-2-7-16(12)29(28-19)17-9-8-11(20(30)31)10-15(17)23/h3,5-6,8-10H,1-2,4,7H2,(H,27,28)(H,30,31). The van der Waals surface area contributed by atoms with E-state index in [0.29, 0.717) is 24.1 Å². The Labute approximate surface area is 179 Å². The zero-order valence-electron chi connectivity index (χ0n) is 15.9. The first-order chi connectivity index (χ1) is 14.7. The number of alkyl halides is 3. The molecule has 0 unspecified atom stereocenters. The van der Waals surface area contributed by atoms with Crippen molar-refractivity contribution in [2.45, 2.75) is 31.9 Å². The minimum Gasteiger partial charge on any atom is -0.478 e. The van der Waals surface area contributed by atoms with E-state index in [4.69, 9.17) is 16.7 Å². The molecule has 5 nitrogen and oxygen atoms in total. The lowest BCUT2D eigenvalue weighted by atomic mass is 9.97. The maximum absolute atomic E-state index is 14.7. The van der Waals surface area contributed by atoms with Gasteiger partial charge in [-0.25, -0.2) is 13.9 Å². The number of anilines is 2. The average Bonchev–Trinajstić information content (AvgIpc) is 3.07. The Hall–Kier alpha value is -3.07. The maximum Gasteiger partial charge on any atom is 0.418 e. The van der Waals surface area contributed by atoms with Gasteiger partial charge in [0.25, 0.3) is 0 Å². The molecule has 2 aromatic carbocycles. The van der Waals surface area contributed by atoms with E-state index in [1.807, 2.05) is 0 Å². The van der Waals surface area contributed by atoms with Crippen molar-refractivity contribution in [2.24, 2.45) is 0 Å². The van der Waals surface area contributed by atoms with Crippen molar-refractivity contribution in [1.82, 2.24) is 9.78 Å². The molecule has 1 aliphatic rings. The summed E-state index contributed by atoms with van der Waals surface area (Å²) < 4.78 is 56.4. The highest BCUT2D eigenvalue weighted by molar-refractivity contribution is 6.33. The van der Waals surface area contributed by atoms with Crippen molar-refractivity contribution in [1.29, 1.82) is 0 Å². The third kappa shape index (κ3) is 3.97. The first-order valence-electron chi connectivity index (χ1n) is 9.43. The molecule has 162 valence electrons. The number of hydrogen-bond acceptors (Lipinski definition) is 3. The molecule has 0 spiro atoms. The summed E-state index contributed by atoms with van der Waals surface area (Å²) >= 11 is 6.05. The van der Waals surface area contributed by atoms with Crippen LogP contribution < -0.4 is 5.32 Å². The van der Waals surface area contributed by atoms with Crippen LogP contribution in [0.25, 0.3) is 5.69 Å². The Morgan fingerprint density at radius 1 is 1.16 bits per heavy atom. The van der Waals surface area contributed by atoms with Crippen LogP contribution in [-0.2, 0) is 19.0 Å². The lowest BCUT2D eigenvalue weighted by molar-refractivity contribution is -0.136. The molecular formula is C21H16ClF4N3O2. The van der Waals surface area contributed by atoms with Crippen molar-refractivity contribution < 1.29 is 27.5 Å². The Kier molecular flexibility index (Phi) is 5.38. The van der Waals surface area contributed by atoms with Crippen LogP contribution in [0, 0.1) is 5.82 Å². The molecule has 0 fully saturated rings. The molecule has 0 saturated heterocycles. The fourth-order valence-electron chi connectivity index (χ4n) is 3.72. The molecule has 3 aromatic rings. The van der Waals surface area contributed by atoms with Gasteiger partial charge in [0.15, 0.2) is 5.82 Å². The zero-order valence-corrected chi connectivity index (χ0v) is 16.7. The van der Waals surface area contributed by atoms with Gasteiger partial charge in [0.1, 0.15) is 11.5 Å². The number of aromatic carboxylic acids is 1. The summed E-state index contributed by atoms with van der Waals surface area (Å²) in [6, 6.07) is 6.90. The van der Waals surface area contributed by atoms with Crippen LogP contribution in [-0.4, -0.2) is 20.9 Å². The van der Waals surface area contributed by atoms with E-state index in [1.165, 1.54) is 28.9 Å². The van der Waals surface area contributed by atoms with E-state index in [0.717, 1.165) is 25.0 Å². The molecule has 0 saturated carbocycles. The molecule has 1 heterocycles. The number of carboxylic acids is 1. The summed E-state index contributed by atoms with van der Waals surface area (Å²) in [4.78, 5) is 11.1. The molecule has 1 aromatic heterocycles. The first-order valence-corrected chi connectivity index (χ1v) is 9.81. The molecule has 4 rings (SSSR count). The van der Waals surface area contributed by atoms with Crippen molar-refractivity contribution in [3.8, 4) is 5.69 Å². The van der Waals surface area contributed by atoms with Gasteiger partial charge in [0.05, 0.1) is 21.8 Å². The summed E-state index contributed by atoms with van der Waals surface area (Å²) in [5, 5.41) is 16.0. The molecule has 31 heavy (non-hydrogen) atoms. The van der Waals surface area contributed by atoms with Gasteiger partial charge in [-0.15, -0.1) is 5.10 Å². The predicted molar refractivity (Wildman–Crippen MR) is 107 cm³/mol. The molecule has 1 aliphatic carbocycles. The number of rotatable bonds is 4. The second-order valence-electron chi connectivity index (χ2n) is 7.15. The summed E-state index contributed by atoms with van der Waals surface area (Å²) in [6.45, 7) is 0. The number of nitrogens with zero attached hydrogens (tertiary/aromatic N) is 2. The largest absolute Gasteiger partial charge is 0.478 e.